The maximum atomic E-state index is 5.39. The molecule has 5 heteroatoms. The van der Waals surface area contributed by atoms with Gasteiger partial charge in [0, 0.05) is 28.9 Å². The number of thioether (sulfide) groups is 3. The van der Waals surface area contributed by atoms with Gasteiger partial charge in [-0.2, -0.15) is 0 Å². The Labute approximate surface area is 190 Å². The van der Waals surface area contributed by atoms with Gasteiger partial charge in [-0.3, -0.25) is 9.98 Å². The molecule has 3 rings (SSSR count). The fraction of sp³-hybridized carbons (Fsp3) is 0.750. The molecule has 1 aliphatic heterocycles. The van der Waals surface area contributed by atoms with E-state index in [-0.39, 0.29) is 19.9 Å². The van der Waals surface area contributed by atoms with Gasteiger partial charge in [0.1, 0.15) is 10.7 Å². The van der Waals surface area contributed by atoms with Crippen LogP contribution < -0.4 is 10.7 Å². The van der Waals surface area contributed by atoms with Gasteiger partial charge >= 0.3 is 0 Å². The Kier molecular flexibility index (Phi) is 6.57. The van der Waals surface area contributed by atoms with Crippen molar-refractivity contribution in [2.45, 2.75) is 129 Å². The van der Waals surface area contributed by atoms with Crippen molar-refractivity contribution in [1.82, 2.24) is 0 Å². The minimum atomic E-state index is -0.202. The molecule has 0 aromatic heterocycles. The highest BCUT2D eigenvalue weighted by Crippen LogP contribution is 2.44. The van der Waals surface area contributed by atoms with Crippen LogP contribution in [0.1, 0.15) is 94.4 Å². The number of nitrogens with zero attached hydrogens (tertiary/aromatic N) is 2. The lowest BCUT2D eigenvalue weighted by Gasteiger charge is -2.27. The van der Waals surface area contributed by atoms with E-state index in [1.54, 1.807) is 0 Å². The molecule has 162 valence electrons. The van der Waals surface area contributed by atoms with E-state index in [2.05, 4.69) is 68.4 Å². The molecule has 1 aromatic carbocycles. The van der Waals surface area contributed by atoms with Gasteiger partial charge in [-0.1, -0.05) is 68.7 Å². The third-order valence-corrected chi connectivity index (χ3v) is 8.35. The van der Waals surface area contributed by atoms with Gasteiger partial charge in [-0.05, 0) is 31.7 Å². The summed E-state index contributed by atoms with van der Waals surface area (Å²) >= 11 is 5.88. The van der Waals surface area contributed by atoms with E-state index in [1.165, 1.54) is 39.3 Å². The topological polar surface area (TPSA) is 24.7 Å². The summed E-state index contributed by atoms with van der Waals surface area (Å²) in [7, 11) is 0. The van der Waals surface area contributed by atoms with Gasteiger partial charge in [-0.15, -0.1) is 35.3 Å². The van der Waals surface area contributed by atoms with Gasteiger partial charge in [0.05, 0.1) is 0 Å². The van der Waals surface area contributed by atoms with Crippen LogP contribution in [0.3, 0.4) is 0 Å². The van der Waals surface area contributed by atoms with E-state index in [0.717, 1.165) is 18.2 Å². The summed E-state index contributed by atoms with van der Waals surface area (Å²) in [5.74, 6) is 0. The highest BCUT2D eigenvalue weighted by molar-refractivity contribution is 8.03. The molecule has 0 saturated heterocycles. The Morgan fingerprint density at radius 2 is 1.14 bits per heavy atom. The molecule has 1 aromatic rings. The van der Waals surface area contributed by atoms with Crippen molar-refractivity contribution in [3.8, 4) is 0 Å². The zero-order chi connectivity index (χ0) is 21.7. The van der Waals surface area contributed by atoms with Crippen molar-refractivity contribution in [3.63, 3.8) is 0 Å². The smallest absolute Gasteiger partial charge is 0.151 e. The lowest BCUT2D eigenvalue weighted by atomic mass is 9.90. The monoisotopic (exact) mass is 450 g/mol. The van der Waals surface area contributed by atoms with E-state index in [1.807, 2.05) is 35.3 Å². The summed E-state index contributed by atoms with van der Waals surface area (Å²) in [6.07, 6.45) is 6.01. The molecular weight excluding hydrogens is 412 g/mol. The second-order valence-electron chi connectivity index (χ2n) is 11.3. The SMILES string of the molecule is CC(C)(C)Sc1cc(SC(C)(C)C)c2c(c1SC(C)(C)C)=NC1(CCCCC1)N=2. The highest BCUT2D eigenvalue weighted by atomic mass is 32.2. The molecular formula is C24H38N2S3. The number of benzene rings is 1. The molecule has 1 heterocycles. The van der Waals surface area contributed by atoms with E-state index in [9.17, 15) is 0 Å². The van der Waals surface area contributed by atoms with Crippen LogP contribution in [0.25, 0.3) is 0 Å². The average Bonchev–Trinajstić information content (AvgIpc) is 2.87. The van der Waals surface area contributed by atoms with Crippen molar-refractivity contribution < 1.29 is 0 Å². The first kappa shape index (κ1) is 23.5. The molecule has 1 saturated carbocycles. The second-order valence-corrected chi connectivity index (χ2v) is 16.9. The van der Waals surface area contributed by atoms with Crippen molar-refractivity contribution in [3.05, 3.63) is 16.8 Å². The van der Waals surface area contributed by atoms with E-state index in [4.69, 9.17) is 9.98 Å². The fourth-order valence-electron chi connectivity index (χ4n) is 3.81. The largest absolute Gasteiger partial charge is 0.252 e. The predicted molar refractivity (Wildman–Crippen MR) is 131 cm³/mol. The summed E-state index contributed by atoms with van der Waals surface area (Å²) in [5.41, 5.74) is -0.202. The van der Waals surface area contributed by atoms with Gasteiger partial charge in [0.15, 0.2) is 5.66 Å². The number of hydrogen-bond donors (Lipinski definition) is 0. The maximum Gasteiger partial charge on any atom is 0.151 e. The van der Waals surface area contributed by atoms with Crippen LogP contribution in [0, 0.1) is 0 Å². The molecule has 1 spiro atoms. The Morgan fingerprint density at radius 1 is 0.655 bits per heavy atom. The van der Waals surface area contributed by atoms with Crippen LogP contribution in [0.5, 0.6) is 0 Å². The molecule has 0 atom stereocenters. The van der Waals surface area contributed by atoms with Crippen LogP contribution >= 0.6 is 35.3 Å². The number of hydrogen-bond acceptors (Lipinski definition) is 5. The minimum Gasteiger partial charge on any atom is -0.252 e. The summed E-state index contributed by atoms with van der Waals surface area (Å²) in [6.45, 7) is 20.7. The third kappa shape index (κ3) is 6.20. The van der Waals surface area contributed by atoms with E-state index >= 15 is 0 Å². The number of fused-ring (bicyclic) bond motifs is 1. The summed E-state index contributed by atoms with van der Waals surface area (Å²) in [6, 6.07) is 2.42. The van der Waals surface area contributed by atoms with Crippen molar-refractivity contribution >= 4 is 35.3 Å². The van der Waals surface area contributed by atoms with Crippen LogP contribution in [-0.2, 0) is 0 Å². The summed E-state index contributed by atoms with van der Waals surface area (Å²) in [4.78, 5) is 14.8. The normalized spacial score (nSPS) is 19.1. The second kappa shape index (κ2) is 8.09. The van der Waals surface area contributed by atoms with E-state index < -0.39 is 0 Å². The Hall–Kier alpha value is -0.130. The highest BCUT2D eigenvalue weighted by Gasteiger charge is 2.36. The zero-order valence-electron chi connectivity index (χ0n) is 19.7. The molecule has 0 amide bonds. The molecule has 0 N–H and O–H groups in total. The Balaban J connectivity index is 2.27. The van der Waals surface area contributed by atoms with Gasteiger partial charge < -0.3 is 0 Å². The van der Waals surface area contributed by atoms with E-state index in [0.29, 0.717) is 0 Å². The lowest BCUT2D eigenvalue weighted by molar-refractivity contribution is 0.308. The fourth-order valence-corrected chi connectivity index (χ4v) is 7.24. The van der Waals surface area contributed by atoms with Gasteiger partial charge in [0.2, 0.25) is 0 Å². The average molecular weight is 451 g/mol. The van der Waals surface area contributed by atoms with Gasteiger partial charge in [-0.25, -0.2) is 0 Å². The van der Waals surface area contributed by atoms with Crippen molar-refractivity contribution in [1.29, 1.82) is 0 Å². The molecule has 1 fully saturated rings. The molecule has 1 aliphatic carbocycles. The number of rotatable bonds is 3. The van der Waals surface area contributed by atoms with Crippen molar-refractivity contribution in [2.24, 2.45) is 9.98 Å². The molecule has 2 nitrogen and oxygen atoms in total. The predicted octanol–water partition coefficient (Wildman–Crippen LogP) is 7.27. The van der Waals surface area contributed by atoms with Crippen LogP contribution in [-0.4, -0.2) is 19.9 Å². The van der Waals surface area contributed by atoms with Crippen molar-refractivity contribution in [2.75, 3.05) is 0 Å². The first-order valence-corrected chi connectivity index (χ1v) is 13.4. The molecule has 0 unspecified atom stereocenters. The quantitative estimate of drug-likeness (QED) is 0.453. The molecule has 2 aliphatic rings. The zero-order valence-corrected chi connectivity index (χ0v) is 22.2. The summed E-state index contributed by atoms with van der Waals surface area (Å²) in [5, 5.41) is 2.34. The lowest BCUT2D eigenvalue weighted by Crippen LogP contribution is -2.30. The molecule has 0 bridgehead atoms. The standard InChI is InChI=1S/C24H38N2S3/c1-21(2,3)27-16-15-17(28-22(4,5)6)20(29-23(7,8)9)19-18(16)25-24(26-19)13-11-10-12-14-24/h15H,10-14H2,1-9H3. The van der Waals surface area contributed by atoms with Crippen LogP contribution in [0.4, 0.5) is 0 Å². The third-order valence-electron chi connectivity index (χ3n) is 4.69. The maximum absolute atomic E-state index is 5.39. The molecule has 0 radical (unpaired) electrons. The first-order valence-electron chi connectivity index (χ1n) is 10.9. The van der Waals surface area contributed by atoms with Crippen LogP contribution in [0.15, 0.2) is 30.7 Å². The Morgan fingerprint density at radius 3 is 1.66 bits per heavy atom. The minimum absolute atomic E-state index is 0.136. The van der Waals surface area contributed by atoms with Gasteiger partial charge in [0.25, 0.3) is 0 Å². The van der Waals surface area contributed by atoms with Crippen LogP contribution in [0.2, 0.25) is 0 Å². The molecule has 29 heavy (non-hydrogen) atoms. The Bertz CT molecular complexity index is 877. The first-order chi connectivity index (χ1) is 13.2. The summed E-state index contributed by atoms with van der Waals surface area (Å²) < 4.78 is 0.439.